The fourth-order valence-corrected chi connectivity index (χ4v) is 4.25. The molecule has 146 valence electrons. The number of rotatable bonds is 7. The molecule has 1 unspecified atom stereocenters. The van der Waals surface area contributed by atoms with Gasteiger partial charge in [-0.15, -0.1) is 0 Å². The van der Waals surface area contributed by atoms with Crippen molar-refractivity contribution in [3.8, 4) is 0 Å². The van der Waals surface area contributed by atoms with Gasteiger partial charge in [0, 0.05) is 0 Å². The smallest absolute Gasteiger partial charge is 0.287 e. The molecule has 0 radical (unpaired) electrons. The number of amides is 1. The minimum absolute atomic E-state index is 0.0971. The Balaban J connectivity index is 1.73. The van der Waals surface area contributed by atoms with Gasteiger partial charge in [0.2, 0.25) is 0 Å². The van der Waals surface area contributed by atoms with Crippen LogP contribution in [0.15, 0.2) is 82.1 Å². The average Bonchev–Trinajstić information content (AvgIpc) is 3.15. The lowest BCUT2D eigenvalue weighted by atomic mass is 9.96. The number of carbonyl (C=O) groups is 1. The number of hydrogen-bond donors (Lipinski definition) is 1. The molecule has 28 heavy (non-hydrogen) atoms. The molecule has 3 aromatic rings. The highest BCUT2D eigenvalue weighted by atomic mass is 32.2. The summed E-state index contributed by atoms with van der Waals surface area (Å²) in [4.78, 5) is 12.9. The Bertz CT molecular complexity index is 1020. The highest BCUT2D eigenvalue weighted by molar-refractivity contribution is 7.90. The predicted molar refractivity (Wildman–Crippen MR) is 108 cm³/mol. The molecular weight excluding hydrogens is 374 g/mol. The van der Waals surface area contributed by atoms with Crippen molar-refractivity contribution in [2.75, 3.05) is 0 Å². The van der Waals surface area contributed by atoms with Crippen LogP contribution in [0.2, 0.25) is 0 Å². The Morgan fingerprint density at radius 1 is 0.929 bits per heavy atom. The highest BCUT2D eigenvalue weighted by Crippen LogP contribution is 2.23. The quantitative estimate of drug-likeness (QED) is 0.642. The number of nitrogens with one attached hydrogen (secondary N) is 1. The Morgan fingerprint density at radius 2 is 1.54 bits per heavy atom. The lowest BCUT2D eigenvalue weighted by molar-refractivity contribution is 0.0896. The molecule has 2 aromatic carbocycles. The van der Waals surface area contributed by atoms with Crippen molar-refractivity contribution >= 4 is 15.7 Å². The van der Waals surface area contributed by atoms with Crippen LogP contribution in [-0.4, -0.2) is 14.3 Å². The molecule has 0 aliphatic heterocycles. The van der Waals surface area contributed by atoms with E-state index in [1.165, 1.54) is 12.1 Å². The van der Waals surface area contributed by atoms with E-state index in [1.54, 1.807) is 30.3 Å². The fraction of sp³-hybridized carbons (Fsp3) is 0.227. The van der Waals surface area contributed by atoms with Crippen LogP contribution >= 0.6 is 0 Å². The fourth-order valence-electron chi connectivity index (χ4n) is 2.98. The third-order valence-corrected chi connectivity index (χ3v) is 6.09. The van der Waals surface area contributed by atoms with Gasteiger partial charge in [-0.1, -0.05) is 62.4 Å². The van der Waals surface area contributed by atoms with Gasteiger partial charge in [-0.2, -0.15) is 0 Å². The van der Waals surface area contributed by atoms with Crippen molar-refractivity contribution in [2.45, 2.75) is 30.5 Å². The predicted octanol–water partition coefficient (Wildman–Crippen LogP) is 4.38. The second kappa shape index (κ2) is 8.44. The third-order valence-electron chi connectivity index (χ3n) is 4.43. The zero-order chi connectivity index (χ0) is 20.1. The first-order chi connectivity index (χ1) is 13.4. The molecule has 0 bridgehead atoms. The molecule has 1 amide bonds. The maximum atomic E-state index is 12.6. The van der Waals surface area contributed by atoms with Gasteiger partial charge in [0.15, 0.2) is 15.6 Å². The van der Waals surface area contributed by atoms with Crippen molar-refractivity contribution in [3.05, 3.63) is 89.9 Å². The Morgan fingerprint density at radius 3 is 2.14 bits per heavy atom. The second-order valence-corrected chi connectivity index (χ2v) is 8.93. The molecule has 0 saturated carbocycles. The van der Waals surface area contributed by atoms with E-state index in [4.69, 9.17) is 4.42 Å². The standard InChI is InChI=1S/C22H23NO4S/c1-16(2)21(17-9-5-3-6-10-17)23-22(24)20-14-13-18(27-20)15-28(25,26)19-11-7-4-8-12-19/h3-14,16,21H,15H2,1-2H3,(H,23,24). The zero-order valence-electron chi connectivity index (χ0n) is 15.8. The van der Waals surface area contributed by atoms with E-state index in [9.17, 15) is 13.2 Å². The zero-order valence-corrected chi connectivity index (χ0v) is 16.6. The number of benzene rings is 2. The molecule has 0 aliphatic carbocycles. The summed E-state index contributed by atoms with van der Waals surface area (Å²) in [5, 5.41) is 2.97. The molecule has 6 heteroatoms. The number of hydrogen-bond acceptors (Lipinski definition) is 4. The van der Waals surface area contributed by atoms with Crippen LogP contribution < -0.4 is 5.32 Å². The van der Waals surface area contributed by atoms with E-state index in [1.807, 2.05) is 44.2 Å². The molecule has 1 atom stereocenters. The molecule has 1 N–H and O–H groups in total. The monoisotopic (exact) mass is 397 g/mol. The highest BCUT2D eigenvalue weighted by Gasteiger charge is 2.22. The summed E-state index contributed by atoms with van der Waals surface area (Å²) >= 11 is 0. The second-order valence-electron chi connectivity index (χ2n) is 6.94. The minimum Gasteiger partial charge on any atom is -0.455 e. The van der Waals surface area contributed by atoms with Gasteiger partial charge < -0.3 is 9.73 Å². The van der Waals surface area contributed by atoms with Crippen molar-refractivity contribution in [1.82, 2.24) is 5.32 Å². The van der Waals surface area contributed by atoms with Gasteiger partial charge in [0.25, 0.3) is 5.91 Å². The van der Waals surface area contributed by atoms with Gasteiger partial charge in [0.1, 0.15) is 11.5 Å². The molecule has 0 aliphatic rings. The normalized spacial score (nSPS) is 12.7. The van der Waals surface area contributed by atoms with Crippen LogP contribution in [0, 0.1) is 5.92 Å². The van der Waals surface area contributed by atoms with E-state index in [-0.39, 0.29) is 40.0 Å². The molecule has 5 nitrogen and oxygen atoms in total. The summed E-state index contributed by atoms with van der Waals surface area (Å²) in [5.74, 6) is -0.156. The van der Waals surface area contributed by atoms with Gasteiger partial charge in [0.05, 0.1) is 10.9 Å². The van der Waals surface area contributed by atoms with Crippen LogP contribution in [0.4, 0.5) is 0 Å². The Kier molecular flexibility index (Phi) is 5.99. The first-order valence-electron chi connectivity index (χ1n) is 9.09. The lowest BCUT2D eigenvalue weighted by Gasteiger charge is -2.22. The largest absolute Gasteiger partial charge is 0.455 e. The molecule has 0 fully saturated rings. The third kappa shape index (κ3) is 4.70. The van der Waals surface area contributed by atoms with Crippen molar-refractivity contribution in [2.24, 2.45) is 5.92 Å². The summed E-state index contributed by atoms with van der Waals surface area (Å²) in [6, 6.07) is 20.7. The summed E-state index contributed by atoms with van der Waals surface area (Å²) in [6.45, 7) is 4.05. The molecule has 0 saturated heterocycles. The summed E-state index contributed by atoms with van der Waals surface area (Å²) in [5.41, 5.74) is 1.00. The molecule has 1 heterocycles. The summed E-state index contributed by atoms with van der Waals surface area (Å²) in [7, 11) is -3.53. The van der Waals surface area contributed by atoms with Gasteiger partial charge in [-0.05, 0) is 35.7 Å². The first-order valence-corrected chi connectivity index (χ1v) is 10.7. The van der Waals surface area contributed by atoms with Crippen LogP contribution in [0.25, 0.3) is 0 Å². The number of sulfone groups is 1. The number of furan rings is 1. The minimum atomic E-state index is -3.53. The maximum absolute atomic E-state index is 12.6. The Labute approximate surface area is 165 Å². The molecule has 3 rings (SSSR count). The maximum Gasteiger partial charge on any atom is 0.287 e. The molecule has 0 spiro atoms. The van der Waals surface area contributed by atoms with E-state index < -0.39 is 9.84 Å². The Hall–Kier alpha value is -2.86. The molecule has 1 aromatic heterocycles. The summed E-state index contributed by atoms with van der Waals surface area (Å²) < 4.78 is 30.5. The van der Waals surface area contributed by atoms with E-state index in [0.717, 1.165) is 5.56 Å². The van der Waals surface area contributed by atoms with Crippen LogP contribution in [0.3, 0.4) is 0 Å². The topological polar surface area (TPSA) is 76.4 Å². The lowest BCUT2D eigenvalue weighted by Crippen LogP contribution is -2.31. The van der Waals surface area contributed by atoms with Crippen LogP contribution in [0.5, 0.6) is 0 Å². The van der Waals surface area contributed by atoms with Crippen molar-refractivity contribution < 1.29 is 17.6 Å². The first kappa shape index (κ1) is 19.9. The van der Waals surface area contributed by atoms with Crippen LogP contribution in [-0.2, 0) is 15.6 Å². The molecular formula is C22H23NO4S. The van der Waals surface area contributed by atoms with Crippen LogP contribution in [0.1, 0.15) is 41.8 Å². The average molecular weight is 397 g/mol. The van der Waals surface area contributed by atoms with E-state index in [2.05, 4.69) is 5.32 Å². The van der Waals surface area contributed by atoms with E-state index in [0.29, 0.717) is 0 Å². The number of carbonyl (C=O) groups excluding carboxylic acids is 1. The van der Waals surface area contributed by atoms with Crippen molar-refractivity contribution in [3.63, 3.8) is 0 Å². The summed E-state index contributed by atoms with van der Waals surface area (Å²) in [6.07, 6.45) is 0. The van der Waals surface area contributed by atoms with Crippen molar-refractivity contribution in [1.29, 1.82) is 0 Å². The van der Waals surface area contributed by atoms with Gasteiger partial charge >= 0.3 is 0 Å². The SMILES string of the molecule is CC(C)C(NC(=O)c1ccc(CS(=O)(=O)c2ccccc2)o1)c1ccccc1. The van der Waals surface area contributed by atoms with Gasteiger partial charge in [-0.3, -0.25) is 4.79 Å². The van der Waals surface area contributed by atoms with E-state index >= 15 is 0 Å². The van der Waals surface area contributed by atoms with Gasteiger partial charge in [-0.25, -0.2) is 8.42 Å².